The average molecular weight is 591 g/mol. The Morgan fingerprint density at radius 2 is 1.77 bits per heavy atom. The van der Waals surface area contributed by atoms with Crippen molar-refractivity contribution >= 4 is 51.5 Å². The summed E-state index contributed by atoms with van der Waals surface area (Å²) in [6, 6.07) is 15.4. The van der Waals surface area contributed by atoms with Gasteiger partial charge in [0.1, 0.15) is 12.2 Å². The van der Waals surface area contributed by atoms with Gasteiger partial charge < -0.3 is 14.6 Å². The molecule has 0 aliphatic carbocycles. The highest BCUT2D eigenvalue weighted by Gasteiger charge is 2.36. The molecular formula is C29H23BrN2O7. The molecule has 1 aliphatic heterocycles. The molecule has 4 rings (SSSR count). The third-order valence-electron chi connectivity index (χ3n) is 5.82. The van der Waals surface area contributed by atoms with Gasteiger partial charge in [-0.05, 0) is 72.2 Å². The van der Waals surface area contributed by atoms with Gasteiger partial charge in [-0.1, -0.05) is 34.1 Å². The first-order valence-electron chi connectivity index (χ1n) is 11.7. The number of halogens is 1. The highest BCUT2D eigenvalue weighted by Crippen LogP contribution is 2.35. The van der Waals surface area contributed by atoms with Crippen LogP contribution in [0.25, 0.3) is 6.08 Å². The Labute approximate surface area is 232 Å². The Balaban J connectivity index is 1.66. The van der Waals surface area contributed by atoms with Crippen molar-refractivity contribution in [1.82, 2.24) is 5.32 Å². The topological polar surface area (TPSA) is 122 Å². The molecule has 10 heteroatoms. The first kappa shape index (κ1) is 27.3. The smallest absolute Gasteiger partial charge is 0.335 e. The molecule has 9 nitrogen and oxygen atoms in total. The molecule has 0 radical (unpaired) electrons. The maximum absolute atomic E-state index is 13.2. The Hall–Kier alpha value is -4.70. The molecule has 3 aromatic carbocycles. The second-order valence-corrected chi connectivity index (χ2v) is 9.34. The number of aromatic carboxylic acids is 1. The maximum Gasteiger partial charge on any atom is 0.335 e. The van der Waals surface area contributed by atoms with E-state index in [0.717, 1.165) is 14.9 Å². The van der Waals surface area contributed by atoms with E-state index < -0.39 is 23.8 Å². The summed E-state index contributed by atoms with van der Waals surface area (Å²) in [4.78, 5) is 50.4. The summed E-state index contributed by atoms with van der Waals surface area (Å²) in [5.74, 6) is -1.80. The predicted octanol–water partition coefficient (Wildman–Crippen LogP) is 5.13. The Bertz CT molecular complexity index is 1500. The minimum atomic E-state index is -1.02. The number of carboxylic acids is 1. The number of methoxy groups -OCH3 is 1. The van der Waals surface area contributed by atoms with E-state index in [-0.39, 0.29) is 17.7 Å². The van der Waals surface area contributed by atoms with E-state index in [9.17, 15) is 19.2 Å². The number of carboxylic acid groups (broad SMARTS) is 1. The highest BCUT2D eigenvalue weighted by atomic mass is 79.9. The SMILES string of the molecule is C=CCc1cc(/C=C2\C(=O)NC(=O)N(c3ccc(Br)cc3)C2=O)cc(OC)c1OCc1ccc(C(=O)O)cc1. The molecule has 0 bridgehead atoms. The number of urea groups is 1. The Kier molecular flexibility index (Phi) is 8.26. The van der Waals surface area contributed by atoms with Crippen molar-refractivity contribution in [2.75, 3.05) is 12.0 Å². The lowest BCUT2D eigenvalue weighted by Gasteiger charge is -2.26. The number of anilines is 1. The zero-order valence-electron chi connectivity index (χ0n) is 20.8. The fourth-order valence-electron chi connectivity index (χ4n) is 3.94. The number of amides is 4. The van der Waals surface area contributed by atoms with Gasteiger partial charge in [-0.25, -0.2) is 14.5 Å². The fraction of sp³-hybridized carbons (Fsp3) is 0.103. The van der Waals surface area contributed by atoms with Crippen LogP contribution in [-0.2, 0) is 22.6 Å². The van der Waals surface area contributed by atoms with Crippen LogP contribution in [0.4, 0.5) is 10.5 Å². The van der Waals surface area contributed by atoms with Gasteiger partial charge in [0.05, 0.1) is 18.4 Å². The van der Waals surface area contributed by atoms with Crippen LogP contribution in [0.3, 0.4) is 0 Å². The number of carbonyl (C=O) groups excluding carboxylic acids is 3. The van der Waals surface area contributed by atoms with E-state index in [0.29, 0.717) is 34.7 Å². The average Bonchev–Trinajstić information content (AvgIpc) is 2.91. The Morgan fingerprint density at radius 1 is 1.08 bits per heavy atom. The van der Waals surface area contributed by atoms with Gasteiger partial charge in [0.25, 0.3) is 11.8 Å². The van der Waals surface area contributed by atoms with E-state index in [1.165, 1.54) is 25.3 Å². The van der Waals surface area contributed by atoms with Gasteiger partial charge in [-0.3, -0.25) is 14.9 Å². The minimum absolute atomic E-state index is 0.145. The zero-order chi connectivity index (χ0) is 28.1. The number of carbonyl (C=O) groups is 4. The summed E-state index contributed by atoms with van der Waals surface area (Å²) < 4.78 is 12.4. The predicted molar refractivity (Wildman–Crippen MR) is 148 cm³/mol. The van der Waals surface area contributed by atoms with Gasteiger partial charge in [0.2, 0.25) is 0 Å². The summed E-state index contributed by atoms with van der Waals surface area (Å²) in [5, 5.41) is 11.3. The van der Waals surface area contributed by atoms with Crippen molar-refractivity contribution in [3.05, 3.63) is 106 Å². The number of hydrogen-bond donors (Lipinski definition) is 2. The molecule has 1 saturated heterocycles. The van der Waals surface area contributed by atoms with Crippen molar-refractivity contribution in [1.29, 1.82) is 0 Å². The zero-order valence-corrected chi connectivity index (χ0v) is 22.4. The van der Waals surface area contributed by atoms with Crippen LogP contribution >= 0.6 is 15.9 Å². The summed E-state index contributed by atoms with van der Waals surface area (Å²) in [6.45, 7) is 3.94. The van der Waals surface area contributed by atoms with Crippen LogP contribution in [0.2, 0.25) is 0 Å². The molecule has 198 valence electrons. The number of barbiturate groups is 1. The second kappa shape index (κ2) is 11.8. The number of imide groups is 2. The maximum atomic E-state index is 13.2. The molecule has 0 saturated carbocycles. The van der Waals surface area contributed by atoms with Gasteiger partial charge in [-0.15, -0.1) is 6.58 Å². The molecule has 0 atom stereocenters. The van der Waals surface area contributed by atoms with Gasteiger partial charge in [-0.2, -0.15) is 0 Å². The van der Waals surface area contributed by atoms with Crippen LogP contribution in [-0.4, -0.2) is 36.0 Å². The molecule has 1 fully saturated rings. The summed E-state index contributed by atoms with van der Waals surface area (Å²) in [6.07, 6.45) is 3.45. The lowest BCUT2D eigenvalue weighted by Crippen LogP contribution is -2.54. The van der Waals surface area contributed by atoms with Crippen molar-refractivity contribution in [2.24, 2.45) is 0 Å². The molecule has 0 aromatic heterocycles. The number of nitrogens with zero attached hydrogens (tertiary/aromatic N) is 1. The van der Waals surface area contributed by atoms with Crippen LogP contribution < -0.4 is 19.7 Å². The first-order valence-corrected chi connectivity index (χ1v) is 12.4. The van der Waals surface area contributed by atoms with Crippen LogP contribution in [0.15, 0.2) is 83.4 Å². The third kappa shape index (κ3) is 6.07. The lowest BCUT2D eigenvalue weighted by molar-refractivity contribution is -0.122. The molecule has 0 unspecified atom stereocenters. The molecule has 39 heavy (non-hydrogen) atoms. The van der Waals surface area contributed by atoms with Gasteiger partial charge >= 0.3 is 12.0 Å². The van der Waals surface area contributed by atoms with E-state index in [1.54, 1.807) is 54.6 Å². The number of benzene rings is 3. The summed E-state index contributed by atoms with van der Waals surface area (Å²) in [7, 11) is 1.46. The van der Waals surface area contributed by atoms with E-state index in [2.05, 4.69) is 27.8 Å². The number of nitrogens with one attached hydrogen (secondary N) is 1. The van der Waals surface area contributed by atoms with Crippen molar-refractivity contribution in [2.45, 2.75) is 13.0 Å². The van der Waals surface area contributed by atoms with E-state index >= 15 is 0 Å². The fourth-order valence-corrected chi connectivity index (χ4v) is 4.20. The quantitative estimate of drug-likeness (QED) is 0.201. The summed E-state index contributed by atoms with van der Waals surface area (Å²) >= 11 is 3.32. The molecule has 0 spiro atoms. The molecular weight excluding hydrogens is 568 g/mol. The monoisotopic (exact) mass is 590 g/mol. The molecule has 1 heterocycles. The van der Waals surface area contributed by atoms with E-state index in [1.807, 2.05) is 0 Å². The lowest BCUT2D eigenvalue weighted by atomic mass is 10.0. The van der Waals surface area contributed by atoms with Crippen molar-refractivity contribution in [3.63, 3.8) is 0 Å². The number of ether oxygens (including phenoxy) is 2. The van der Waals surface area contributed by atoms with Gasteiger partial charge in [0.15, 0.2) is 11.5 Å². The van der Waals surface area contributed by atoms with Crippen molar-refractivity contribution < 1.29 is 33.8 Å². The Morgan fingerprint density at radius 3 is 2.38 bits per heavy atom. The number of hydrogen-bond acceptors (Lipinski definition) is 6. The van der Waals surface area contributed by atoms with Crippen molar-refractivity contribution in [3.8, 4) is 11.5 Å². The number of allylic oxidation sites excluding steroid dienone is 1. The molecule has 4 amide bonds. The first-order chi connectivity index (χ1) is 18.7. The van der Waals surface area contributed by atoms with E-state index in [4.69, 9.17) is 14.6 Å². The standard InChI is InChI=1S/C29H23BrN2O7/c1-3-4-20-13-18(15-24(38-2)25(20)39-16-17-5-7-19(8-6-17)28(35)36)14-23-26(33)31-29(37)32(27(23)34)22-11-9-21(30)10-12-22/h3,5-15H,1,4,16H2,2H3,(H,35,36)(H,31,33,37)/b23-14+. The normalized spacial score (nSPS) is 14.3. The minimum Gasteiger partial charge on any atom is -0.493 e. The molecule has 1 aliphatic rings. The van der Waals surface area contributed by atoms with Crippen LogP contribution in [0, 0.1) is 0 Å². The second-order valence-electron chi connectivity index (χ2n) is 8.43. The molecule has 3 aromatic rings. The molecule has 2 N–H and O–H groups in total. The van der Waals surface area contributed by atoms with Crippen LogP contribution in [0.5, 0.6) is 11.5 Å². The largest absolute Gasteiger partial charge is 0.493 e. The summed E-state index contributed by atoms with van der Waals surface area (Å²) in [5.41, 5.74) is 2.16. The van der Waals surface area contributed by atoms with Gasteiger partial charge in [0, 0.05) is 10.0 Å². The third-order valence-corrected chi connectivity index (χ3v) is 6.35. The highest BCUT2D eigenvalue weighted by molar-refractivity contribution is 9.10. The number of rotatable bonds is 9. The van der Waals surface area contributed by atoms with Crippen LogP contribution in [0.1, 0.15) is 27.0 Å².